The van der Waals surface area contributed by atoms with E-state index in [0.29, 0.717) is 5.41 Å². The Labute approximate surface area is 170 Å². The molecule has 28 heavy (non-hydrogen) atoms. The fourth-order valence-electron chi connectivity index (χ4n) is 5.79. The van der Waals surface area contributed by atoms with Gasteiger partial charge in [-0.25, -0.2) is 4.39 Å². The minimum atomic E-state index is 0.0344. The van der Waals surface area contributed by atoms with Gasteiger partial charge in [0.25, 0.3) is 0 Å². The van der Waals surface area contributed by atoms with Crippen LogP contribution < -0.4 is 0 Å². The molecule has 3 saturated carbocycles. The fourth-order valence-corrected chi connectivity index (χ4v) is 5.79. The van der Waals surface area contributed by atoms with Crippen LogP contribution in [0.5, 0.6) is 0 Å². The zero-order valence-electron chi connectivity index (χ0n) is 17.7. The maximum Gasteiger partial charge on any atom is 0.134 e. The summed E-state index contributed by atoms with van der Waals surface area (Å²) in [5.41, 5.74) is 4.79. The molecule has 3 aliphatic carbocycles. The number of hydrogen-bond acceptors (Lipinski definition) is 0. The molecule has 0 unspecified atom stereocenters. The lowest BCUT2D eigenvalue weighted by Gasteiger charge is -2.54. The van der Waals surface area contributed by atoms with E-state index in [2.05, 4.69) is 50.2 Å². The molecule has 0 N–H and O–H groups in total. The van der Waals surface area contributed by atoms with Gasteiger partial charge in [-0.15, -0.1) is 0 Å². The number of rotatable bonds is 7. The van der Waals surface area contributed by atoms with Crippen molar-refractivity contribution in [2.75, 3.05) is 0 Å². The highest BCUT2D eigenvalue weighted by atomic mass is 19.1. The molecular weight excluding hydrogens is 343 g/mol. The highest BCUT2D eigenvalue weighted by molar-refractivity contribution is 5.66. The highest BCUT2D eigenvalue weighted by Crippen LogP contribution is 2.59. The first kappa shape index (κ1) is 19.7. The van der Waals surface area contributed by atoms with E-state index in [1.165, 1.54) is 50.5 Å². The number of unbranched alkanes of at least 4 members (excludes halogenated alkanes) is 2. The lowest BCUT2D eigenvalue weighted by atomic mass is 9.51. The molecule has 0 amide bonds. The van der Waals surface area contributed by atoms with E-state index < -0.39 is 0 Å². The molecule has 1 heteroatoms. The van der Waals surface area contributed by atoms with E-state index in [-0.39, 0.29) is 11.2 Å². The van der Waals surface area contributed by atoms with Crippen molar-refractivity contribution in [1.29, 1.82) is 0 Å². The monoisotopic (exact) mass is 378 g/mol. The van der Waals surface area contributed by atoms with Crippen LogP contribution in [-0.2, 0) is 11.8 Å². The lowest BCUT2D eigenvalue weighted by molar-refractivity contribution is 0.0350. The van der Waals surface area contributed by atoms with E-state index in [1.807, 2.05) is 6.07 Å². The Morgan fingerprint density at radius 1 is 0.821 bits per heavy atom. The molecule has 0 aromatic heterocycles. The lowest BCUT2D eigenvalue weighted by Crippen LogP contribution is -2.44. The van der Waals surface area contributed by atoms with Gasteiger partial charge in [-0.05, 0) is 78.9 Å². The Morgan fingerprint density at radius 3 is 2.11 bits per heavy atom. The average Bonchev–Trinajstić information content (AvgIpc) is 2.76. The largest absolute Gasteiger partial charge is 0.206 e. The summed E-state index contributed by atoms with van der Waals surface area (Å²) in [6.07, 6.45) is 13.5. The van der Waals surface area contributed by atoms with Crippen LogP contribution in [0.15, 0.2) is 42.5 Å². The molecule has 3 aliphatic rings. The molecule has 5 rings (SSSR count). The summed E-state index contributed by atoms with van der Waals surface area (Å²) in [7, 11) is 0. The summed E-state index contributed by atoms with van der Waals surface area (Å²) in [5.74, 6) is 0.0344. The van der Waals surface area contributed by atoms with Crippen molar-refractivity contribution >= 4 is 0 Å². The van der Waals surface area contributed by atoms with Crippen molar-refractivity contribution in [3.8, 4) is 11.1 Å². The molecule has 2 bridgehead atoms. The Hall–Kier alpha value is -1.63. The first-order chi connectivity index (χ1) is 13.6. The standard InChI is InChI=1S/C27H35F/c1-3-5-6-8-21-11-13-22(14-12-21)23-9-7-10-24(25(23)28)27-18-15-26(4-2,16-19-27)17-20-27/h7,9-14H,3-6,8,15-20H2,1-2H3. The number of benzene rings is 2. The maximum absolute atomic E-state index is 15.7. The van der Waals surface area contributed by atoms with Gasteiger partial charge in [0, 0.05) is 5.56 Å². The van der Waals surface area contributed by atoms with E-state index in [0.717, 1.165) is 42.4 Å². The summed E-state index contributed by atoms with van der Waals surface area (Å²) >= 11 is 0. The predicted octanol–water partition coefficient (Wildman–Crippen LogP) is 8.23. The molecule has 150 valence electrons. The first-order valence-electron chi connectivity index (χ1n) is 11.5. The first-order valence-corrected chi connectivity index (χ1v) is 11.5. The number of halogens is 1. The van der Waals surface area contributed by atoms with Gasteiger partial charge in [0.05, 0.1) is 0 Å². The molecule has 0 nitrogen and oxygen atoms in total. The van der Waals surface area contributed by atoms with E-state index in [4.69, 9.17) is 0 Å². The zero-order chi connectivity index (χ0) is 19.6. The van der Waals surface area contributed by atoms with Crippen LogP contribution in [0.3, 0.4) is 0 Å². The third-order valence-corrected chi connectivity index (χ3v) is 8.06. The Bertz CT molecular complexity index is 777. The average molecular weight is 379 g/mol. The third kappa shape index (κ3) is 3.53. The van der Waals surface area contributed by atoms with Gasteiger partial charge in [0.15, 0.2) is 0 Å². The van der Waals surface area contributed by atoms with Gasteiger partial charge in [0.1, 0.15) is 5.82 Å². The van der Waals surface area contributed by atoms with Crippen LogP contribution in [-0.4, -0.2) is 0 Å². The summed E-state index contributed by atoms with van der Waals surface area (Å²) in [5, 5.41) is 0. The van der Waals surface area contributed by atoms with E-state index >= 15 is 4.39 Å². The molecule has 0 radical (unpaired) electrons. The highest BCUT2D eigenvalue weighted by Gasteiger charge is 2.49. The van der Waals surface area contributed by atoms with Gasteiger partial charge < -0.3 is 0 Å². The van der Waals surface area contributed by atoms with Crippen LogP contribution >= 0.6 is 0 Å². The van der Waals surface area contributed by atoms with Crippen LogP contribution in [0.1, 0.15) is 89.2 Å². The van der Waals surface area contributed by atoms with Gasteiger partial charge in [-0.3, -0.25) is 0 Å². The zero-order valence-corrected chi connectivity index (χ0v) is 17.7. The third-order valence-electron chi connectivity index (χ3n) is 8.06. The molecule has 2 aromatic carbocycles. The van der Waals surface area contributed by atoms with Crippen molar-refractivity contribution in [3.05, 3.63) is 59.4 Å². The number of aryl methyl sites for hydroxylation is 1. The second kappa shape index (κ2) is 8.01. The van der Waals surface area contributed by atoms with Gasteiger partial charge in [-0.2, -0.15) is 0 Å². The molecule has 2 aromatic rings. The second-order valence-electron chi connectivity index (χ2n) is 9.46. The van der Waals surface area contributed by atoms with Crippen molar-refractivity contribution in [2.24, 2.45) is 5.41 Å². The molecule has 0 spiro atoms. The van der Waals surface area contributed by atoms with Crippen LogP contribution in [0, 0.1) is 11.2 Å². The molecule has 0 aliphatic heterocycles. The topological polar surface area (TPSA) is 0 Å². The molecule has 0 heterocycles. The number of fused-ring (bicyclic) bond motifs is 3. The van der Waals surface area contributed by atoms with E-state index in [9.17, 15) is 0 Å². The Balaban J connectivity index is 1.58. The van der Waals surface area contributed by atoms with Crippen molar-refractivity contribution in [2.45, 2.75) is 89.9 Å². The summed E-state index contributed by atoms with van der Waals surface area (Å²) in [4.78, 5) is 0. The summed E-state index contributed by atoms with van der Waals surface area (Å²) in [6.45, 7) is 4.57. The van der Waals surface area contributed by atoms with Gasteiger partial charge in [-0.1, -0.05) is 75.6 Å². The molecule has 3 fully saturated rings. The Morgan fingerprint density at radius 2 is 1.50 bits per heavy atom. The fraction of sp³-hybridized carbons (Fsp3) is 0.556. The van der Waals surface area contributed by atoms with Crippen LogP contribution in [0.4, 0.5) is 4.39 Å². The summed E-state index contributed by atoms with van der Waals surface area (Å²) in [6, 6.07) is 14.7. The van der Waals surface area contributed by atoms with Crippen molar-refractivity contribution in [1.82, 2.24) is 0 Å². The van der Waals surface area contributed by atoms with Crippen molar-refractivity contribution < 1.29 is 4.39 Å². The molecule has 0 atom stereocenters. The summed E-state index contributed by atoms with van der Waals surface area (Å²) < 4.78 is 15.7. The second-order valence-corrected chi connectivity index (χ2v) is 9.46. The van der Waals surface area contributed by atoms with E-state index in [1.54, 1.807) is 0 Å². The quantitative estimate of drug-likeness (QED) is 0.426. The van der Waals surface area contributed by atoms with Crippen LogP contribution in [0.25, 0.3) is 11.1 Å². The molecule has 0 saturated heterocycles. The normalized spacial score (nSPS) is 26.5. The minimum Gasteiger partial charge on any atom is -0.206 e. The van der Waals surface area contributed by atoms with Gasteiger partial charge in [0.2, 0.25) is 0 Å². The SMILES string of the molecule is CCCCCc1ccc(-c2cccc(C34CCC(CC)(CC3)CC4)c2F)cc1. The number of hydrogen-bond donors (Lipinski definition) is 0. The smallest absolute Gasteiger partial charge is 0.134 e. The van der Waals surface area contributed by atoms with Crippen molar-refractivity contribution in [3.63, 3.8) is 0 Å². The van der Waals surface area contributed by atoms with Gasteiger partial charge >= 0.3 is 0 Å². The minimum absolute atomic E-state index is 0.0344. The molecular formula is C27H35F. The maximum atomic E-state index is 15.7. The van der Waals surface area contributed by atoms with Crippen LogP contribution in [0.2, 0.25) is 0 Å². The predicted molar refractivity (Wildman–Crippen MR) is 117 cm³/mol. The Kier molecular flexibility index (Phi) is 5.63.